The summed E-state index contributed by atoms with van der Waals surface area (Å²) in [6.07, 6.45) is 1.31. The predicted octanol–water partition coefficient (Wildman–Crippen LogP) is 4.91. The Kier molecular flexibility index (Phi) is 12.7. The maximum Gasteiger partial charge on any atom is 0.261 e. The molecular weight excluding hydrogens is 655 g/mol. The van der Waals surface area contributed by atoms with Crippen LogP contribution in [0.1, 0.15) is 56.0 Å². The molecule has 0 aromatic heterocycles. The zero-order valence-electron chi connectivity index (χ0n) is 28.2. The topological polar surface area (TPSA) is 143 Å². The van der Waals surface area contributed by atoms with Crippen molar-refractivity contribution in [2.75, 3.05) is 38.1 Å². The van der Waals surface area contributed by atoms with Gasteiger partial charge in [0, 0.05) is 38.3 Å². The number of nitrogens with one attached hydrogen (secondary N) is 1. The predicted molar refractivity (Wildman–Crippen MR) is 185 cm³/mol. The van der Waals surface area contributed by atoms with Gasteiger partial charge in [-0.1, -0.05) is 42.8 Å². The molecule has 0 radical (unpaired) electrons. The number of rotatable bonds is 9. The molecule has 0 unspecified atom stereocenters. The summed E-state index contributed by atoms with van der Waals surface area (Å²) in [4.78, 5) is 16.1. The third-order valence-corrected chi connectivity index (χ3v) is 11.8. The molecule has 1 aliphatic rings. The maximum absolute atomic E-state index is 14.4. The van der Waals surface area contributed by atoms with E-state index in [1.54, 1.807) is 61.5 Å². The van der Waals surface area contributed by atoms with Gasteiger partial charge in [-0.3, -0.25) is 9.52 Å². The molecule has 1 heterocycles. The van der Waals surface area contributed by atoms with Gasteiger partial charge in [0.05, 0.1) is 40.2 Å². The van der Waals surface area contributed by atoms with Crippen LogP contribution in [-0.4, -0.2) is 88.7 Å². The minimum atomic E-state index is -3.95. The number of aliphatic hydroxyl groups excluding tert-OH is 1. The van der Waals surface area contributed by atoms with Crippen molar-refractivity contribution in [1.29, 1.82) is 0 Å². The number of fused-ring (bicyclic) bond motifs is 1. The molecule has 1 aliphatic heterocycles. The van der Waals surface area contributed by atoms with Gasteiger partial charge in [-0.25, -0.2) is 16.8 Å². The Morgan fingerprint density at radius 1 is 0.979 bits per heavy atom. The summed E-state index contributed by atoms with van der Waals surface area (Å²) in [7, 11) is -6.24. The number of ether oxygens (including phenoxy) is 2. The molecule has 0 saturated heterocycles. The van der Waals surface area contributed by atoms with E-state index >= 15 is 0 Å². The van der Waals surface area contributed by atoms with E-state index in [2.05, 4.69) is 4.72 Å². The molecule has 3 aromatic carbocycles. The molecule has 0 saturated carbocycles. The summed E-state index contributed by atoms with van der Waals surface area (Å²) >= 11 is 0. The van der Waals surface area contributed by atoms with Crippen LogP contribution in [0.4, 0.5) is 5.69 Å². The van der Waals surface area contributed by atoms with Gasteiger partial charge >= 0.3 is 0 Å². The fourth-order valence-corrected chi connectivity index (χ4v) is 7.76. The SMILES string of the molecule is Cc1ccc(S(=O)(=O)Nc2ccc3c(c2)C(=O)N([C@H](C)CO)C[C@@H](C)[C@H](CN(C)S(=O)(=O)c2ccccc2)OCCCC[C@H](C)O3)cc1. The Labute approximate surface area is 285 Å². The minimum absolute atomic E-state index is 0.0506. The number of hydrogen-bond acceptors (Lipinski definition) is 8. The Morgan fingerprint density at radius 2 is 1.67 bits per heavy atom. The normalized spacial score (nSPS) is 20.8. The van der Waals surface area contributed by atoms with Gasteiger partial charge in [-0.2, -0.15) is 4.31 Å². The molecule has 2 N–H and O–H groups in total. The molecule has 11 nitrogen and oxygen atoms in total. The molecule has 1 amide bonds. The standard InChI is InChI=1S/C35H47N3O8S2/c1-25-14-17-30(18-15-25)47(41,42)36-29-16-19-33-32(21-29)35(40)38(27(3)24-39)22-26(2)34(45-20-10-9-11-28(4)46-33)23-37(5)48(43,44)31-12-7-6-8-13-31/h6-8,12-19,21,26-28,34,36,39H,9-11,20,22-24H2,1-5H3/t26-,27-,28+,34+/m1/s1. The van der Waals surface area contributed by atoms with Crippen LogP contribution < -0.4 is 9.46 Å². The van der Waals surface area contributed by atoms with Crippen molar-refractivity contribution in [3.05, 3.63) is 83.9 Å². The van der Waals surface area contributed by atoms with E-state index in [9.17, 15) is 26.7 Å². The molecule has 0 bridgehead atoms. The Hall–Kier alpha value is -3.49. The fraction of sp³-hybridized carbons (Fsp3) is 0.457. The zero-order chi connectivity index (χ0) is 35.1. The van der Waals surface area contributed by atoms with Gasteiger partial charge in [0.1, 0.15) is 5.75 Å². The highest BCUT2D eigenvalue weighted by atomic mass is 32.2. The van der Waals surface area contributed by atoms with Crippen LogP contribution in [0.15, 0.2) is 82.6 Å². The van der Waals surface area contributed by atoms with Crippen molar-refractivity contribution >= 4 is 31.6 Å². The second-order valence-corrected chi connectivity index (χ2v) is 16.3. The third kappa shape index (κ3) is 9.35. The molecular formula is C35H47N3O8S2. The van der Waals surface area contributed by atoms with Crippen molar-refractivity contribution in [1.82, 2.24) is 9.21 Å². The van der Waals surface area contributed by atoms with Crippen LogP contribution in [0.5, 0.6) is 5.75 Å². The highest BCUT2D eigenvalue weighted by molar-refractivity contribution is 7.92. The number of aryl methyl sites for hydroxylation is 1. The highest BCUT2D eigenvalue weighted by Gasteiger charge is 2.32. The second kappa shape index (κ2) is 16.3. The molecule has 3 aromatic rings. The average molecular weight is 702 g/mol. The zero-order valence-corrected chi connectivity index (χ0v) is 29.8. The van der Waals surface area contributed by atoms with Crippen LogP contribution in [0.25, 0.3) is 0 Å². The summed E-state index contributed by atoms with van der Waals surface area (Å²) in [5.41, 5.74) is 1.23. The van der Waals surface area contributed by atoms with E-state index in [0.29, 0.717) is 25.2 Å². The number of benzene rings is 3. The highest BCUT2D eigenvalue weighted by Crippen LogP contribution is 2.30. The van der Waals surface area contributed by atoms with Crippen molar-refractivity contribution < 1.29 is 36.2 Å². The van der Waals surface area contributed by atoms with Gasteiger partial charge in [0.2, 0.25) is 10.0 Å². The number of likely N-dealkylation sites (N-methyl/N-ethyl adjacent to an activating group) is 1. The Morgan fingerprint density at radius 3 is 2.33 bits per heavy atom. The third-order valence-electron chi connectivity index (χ3n) is 8.52. The molecule has 4 rings (SSSR count). The number of nitrogens with zero attached hydrogens (tertiary/aromatic N) is 2. The molecule has 13 heteroatoms. The first-order chi connectivity index (χ1) is 22.7. The molecule has 0 spiro atoms. The van der Waals surface area contributed by atoms with E-state index < -0.39 is 38.1 Å². The van der Waals surface area contributed by atoms with Crippen LogP contribution in [0, 0.1) is 12.8 Å². The van der Waals surface area contributed by atoms with Crippen LogP contribution >= 0.6 is 0 Å². The molecule has 0 aliphatic carbocycles. The van der Waals surface area contributed by atoms with Crippen LogP contribution in [-0.2, 0) is 24.8 Å². The van der Waals surface area contributed by atoms with Crippen molar-refractivity contribution in [2.24, 2.45) is 5.92 Å². The number of amides is 1. The van der Waals surface area contributed by atoms with Crippen LogP contribution in [0.2, 0.25) is 0 Å². The summed E-state index contributed by atoms with van der Waals surface area (Å²) in [6, 6.07) is 18.6. The average Bonchev–Trinajstić information content (AvgIpc) is 3.06. The molecule has 262 valence electrons. The van der Waals surface area contributed by atoms with Gasteiger partial charge in [0.15, 0.2) is 0 Å². The Bertz CT molecular complexity index is 1740. The van der Waals surface area contributed by atoms with E-state index in [1.807, 2.05) is 20.8 Å². The van der Waals surface area contributed by atoms with Crippen LogP contribution in [0.3, 0.4) is 0 Å². The largest absolute Gasteiger partial charge is 0.490 e. The van der Waals surface area contributed by atoms with Gasteiger partial charge in [-0.05, 0) is 82.5 Å². The number of aliphatic hydroxyl groups is 1. The van der Waals surface area contributed by atoms with E-state index in [-0.39, 0.29) is 52.8 Å². The summed E-state index contributed by atoms with van der Waals surface area (Å²) in [5.74, 6) is -0.527. The van der Waals surface area contributed by atoms with E-state index in [4.69, 9.17) is 9.47 Å². The number of sulfonamides is 2. The number of hydrogen-bond donors (Lipinski definition) is 2. The number of carbonyl (C=O) groups is 1. The number of anilines is 1. The van der Waals surface area contributed by atoms with Gasteiger partial charge in [0.25, 0.3) is 15.9 Å². The van der Waals surface area contributed by atoms with E-state index in [0.717, 1.165) is 12.0 Å². The summed E-state index contributed by atoms with van der Waals surface area (Å²) in [5, 5.41) is 10.2. The molecule has 48 heavy (non-hydrogen) atoms. The quantitative estimate of drug-likeness (QED) is 0.321. The number of carbonyl (C=O) groups excluding carboxylic acids is 1. The first-order valence-electron chi connectivity index (χ1n) is 16.2. The Balaban J connectivity index is 1.68. The monoisotopic (exact) mass is 701 g/mol. The smallest absolute Gasteiger partial charge is 0.261 e. The lowest BCUT2D eigenvalue weighted by molar-refractivity contribution is -0.00833. The lowest BCUT2D eigenvalue weighted by Gasteiger charge is -2.35. The summed E-state index contributed by atoms with van der Waals surface area (Å²) < 4.78 is 69.5. The lowest BCUT2D eigenvalue weighted by atomic mass is 10.0. The first kappa shape index (κ1) is 37.3. The lowest BCUT2D eigenvalue weighted by Crippen LogP contribution is -2.48. The maximum atomic E-state index is 14.4. The van der Waals surface area contributed by atoms with Crippen molar-refractivity contribution in [3.8, 4) is 5.75 Å². The van der Waals surface area contributed by atoms with Crippen molar-refractivity contribution in [3.63, 3.8) is 0 Å². The first-order valence-corrected chi connectivity index (χ1v) is 19.1. The fourth-order valence-electron chi connectivity index (χ4n) is 5.50. The molecule has 4 atom stereocenters. The molecule has 0 fully saturated rings. The minimum Gasteiger partial charge on any atom is -0.490 e. The van der Waals surface area contributed by atoms with Gasteiger partial charge < -0.3 is 19.5 Å². The van der Waals surface area contributed by atoms with Crippen molar-refractivity contribution in [2.45, 2.75) is 75.0 Å². The van der Waals surface area contributed by atoms with E-state index in [1.165, 1.54) is 34.5 Å². The second-order valence-electron chi connectivity index (χ2n) is 12.5. The van der Waals surface area contributed by atoms with Gasteiger partial charge in [-0.15, -0.1) is 0 Å². The summed E-state index contributed by atoms with van der Waals surface area (Å²) in [6.45, 7) is 7.59.